The summed E-state index contributed by atoms with van der Waals surface area (Å²) < 4.78 is 13.7. The van der Waals surface area contributed by atoms with Crippen LogP contribution in [0.25, 0.3) is 0 Å². The van der Waals surface area contributed by atoms with E-state index in [4.69, 9.17) is 0 Å². The molecule has 1 saturated heterocycles. The van der Waals surface area contributed by atoms with Crippen LogP contribution in [0.15, 0.2) is 0 Å². The van der Waals surface area contributed by atoms with E-state index in [2.05, 4.69) is 0 Å². The van der Waals surface area contributed by atoms with Crippen LogP contribution >= 0.6 is 0 Å². The number of carbonyl (C=O) groups excluding carboxylic acids is 1. The largest absolute Gasteiger partial charge is 0.340 e. The fraction of sp³-hybridized carbons (Fsp3) is 0.889. The quantitative estimate of drug-likeness (QED) is 0.591. The highest BCUT2D eigenvalue weighted by molar-refractivity contribution is 5.73. The summed E-state index contributed by atoms with van der Waals surface area (Å²) in [6, 6.07) is 0. The first-order chi connectivity index (χ1) is 5.57. The highest BCUT2D eigenvalue weighted by atomic mass is 19.1. The molecule has 1 aliphatic heterocycles. The van der Waals surface area contributed by atoms with E-state index in [0.717, 1.165) is 13.0 Å². The van der Waals surface area contributed by atoms with E-state index in [-0.39, 0.29) is 5.91 Å². The first-order valence-electron chi connectivity index (χ1n) is 4.52. The van der Waals surface area contributed by atoms with E-state index in [1.165, 1.54) is 6.92 Å². The Morgan fingerprint density at radius 1 is 1.67 bits per heavy atom. The zero-order valence-corrected chi connectivity index (χ0v) is 7.77. The van der Waals surface area contributed by atoms with Crippen molar-refractivity contribution in [2.45, 2.75) is 38.8 Å². The number of hydrogen-bond donors (Lipinski definition) is 0. The predicted molar refractivity (Wildman–Crippen MR) is 45.6 cm³/mol. The number of amides is 1. The molecule has 0 spiro atoms. The summed E-state index contributed by atoms with van der Waals surface area (Å²) >= 11 is 0. The smallest absolute Gasteiger partial charge is 0.219 e. The van der Waals surface area contributed by atoms with Crippen LogP contribution in [0.5, 0.6) is 0 Å². The van der Waals surface area contributed by atoms with Crippen LogP contribution in [-0.2, 0) is 4.79 Å². The number of piperidine rings is 1. The molecular weight excluding hydrogens is 157 g/mol. The van der Waals surface area contributed by atoms with Crippen molar-refractivity contribution in [1.82, 2.24) is 4.90 Å². The fourth-order valence-electron chi connectivity index (χ4n) is 1.64. The lowest BCUT2D eigenvalue weighted by Crippen LogP contribution is -2.46. The Morgan fingerprint density at radius 2 is 2.33 bits per heavy atom. The van der Waals surface area contributed by atoms with Gasteiger partial charge in [0.15, 0.2) is 0 Å². The summed E-state index contributed by atoms with van der Waals surface area (Å²) in [7, 11) is 0. The van der Waals surface area contributed by atoms with Gasteiger partial charge in [0.2, 0.25) is 5.91 Å². The molecule has 0 aromatic rings. The van der Waals surface area contributed by atoms with Crippen LogP contribution < -0.4 is 0 Å². The van der Waals surface area contributed by atoms with Gasteiger partial charge in [0.1, 0.15) is 5.67 Å². The van der Waals surface area contributed by atoms with E-state index in [0.29, 0.717) is 19.4 Å². The predicted octanol–water partition coefficient (Wildman–Crippen LogP) is 1.75. The van der Waals surface area contributed by atoms with Gasteiger partial charge in [-0.1, -0.05) is 6.92 Å². The normalized spacial score (nSPS) is 30.4. The number of likely N-dealkylation sites (tertiary alicyclic amines) is 1. The molecule has 1 unspecified atom stereocenters. The van der Waals surface area contributed by atoms with Gasteiger partial charge in [-0.2, -0.15) is 0 Å². The molecule has 0 radical (unpaired) electrons. The summed E-state index contributed by atoms with van der Waals surface area (Å²) in [6.45, 7) is 4.35. The lowest BCUT2D eigenvalue weighted by atomic mass is 9.92. The van der Waals surface area contributed by atoms with Gasteiger partial charge in [0, 0.05) is 13.5 Å². The second kappa shape index (κ2) is 3.42. The maximum Gasteiger partial charge on any atom is 0.219 e. The lowest BCUT2D eigenvalue weighted by molar-refractivity contribution is -0.133. The standard InChI is InChI=1S/C9H16FNO/c1-3-9(10)5-4-6-11(7-9)8(2)12/h3-7H2,1-2H3. The Labute approximate surface area is 72.7 Å². The van der Waals surface area contributed by atoms with Crippen molar-refractivity contribution >= 4 is 5.91 Å². The Balaban J connectivity index is 2.57. The molecule has 1 fully saturated rings. The summed E-state index contributed by atoms with van der Waals surface area (Å²) in [5.74, 6) is -0.00910. The number of halogens is 1. The Hall–Kier alpha value is -0.600. The van der Waals surface area contributed by atoms with Crippen molar-refractivity contribution < 1.29 is 9.18 Å². The lowest BCUT2D eigenvalue weighted by Gasteiger charge is -2.36. The van der Waals surface area contributed by atoms with Crippen molar-refractivity contribution in [3.05, 3.63) is 0 Å². The van der Waals surface area contributed by atoms with Crippen molar-refractivity contribution in [1.29, 1.82) is 0 Å². The molecule has 1 atom stereocenters. The molecule has 1 rings (SSSR count). The Kier molecular flexibility index (Phi) is 2.70. The van der Waals surface area contributed by atoms with E-state index in [1.807, 2.05) is 6.92 Å². The molecule has 3 heteroatoms. The van der Waals surface area contributed by atoms with Gasteiger partial charge in [-0.3, -0.25) is 4.79 Å². The number of nitrogens with zero attached hydrogens (tertiary/aromatic N) is 1. The van der Waals surface area contributed by atoms with Crippen molar-refractivity contribution in [2.75, 3.05) is 13.1 Å². The summed E-state index contributed by atoms with van der Waals surface area (Å²) in [6.07, 6.45) is 1.91. The average Bonchev–Trinajstić information content (AvgIpc) is 2.05. The van der Waals surface area contributed by atoms with E-state index < -0.39 is 5.67 Å². The molecule has 0 aliphatic carbocycles. The van der Waals surface area contributed by atoms with Crippen LogP contribution in [0.4, 0.5) is 4.39 Å². The van der Waals surface area contributed by atoms with Crippen LogP contribution in [0.2, 0.25) is 0 Å². The molecule has 12 heavy (non-hydrogen) atoms. The Morgan fingerprint density at radius 3 is 2.83 bits per heavy atom. The first-order valence-corrected chi connectivity index (χ1v) is 4.52. The second-order valence-corrected chi connectivity index (χ2v) is 3.55. The molecule has 2 nitrogen and oxygen atoms in total. The highest BCUT2D eigenvalue weighted by Gasteiger charge is 2.34. The molecule has 0 aromatic carbocycles. The fourth-order valence-corrected chi connectivity index (χ4v) is 1.64. The van der Waals surface area contributed by atoms with E-state index in [1.54, 1.807) is 4.90 Å². The topological polar surface area (TPSA) is 20.3 Å². The average molecular weight is 173 g/mol. The minimum Gasteiger partial charge on any atom is -0.340 e. The van der Waals surface area contributed by atoms with Crippen molar-refractivity contribution in [2.24, 2.45) is 0 Å². The minimum atomic E-state index is -1.12. The summed E-state index contributed by atoms with van der Waals surface area (Å²) in [4.78, 5) is 12.6. The molecular formula is C9H16FNO. The number of carbonyl (C=O) groups is 1. The zero-order valence-electron chi connectivity index (χ0n) is 7.77. The van der Waals surface area contributed by atoms with Crippen LogP contribution in [0, 0.1) is 0 Å². The number of hydrogen-bond acceptors (Lipinski definition) is 1. The maximum atomic E-state index is 13.7. The zero-order chi connectivity index (χ0) is 9.19. The van der Waals surface area contributed by atoms with Gasteiger partial charge in [0.25, 0.3) is 0 Å². The molecule has 1 amide bonds. The molecule has 1 aliphatic rings. The molecule has 70 valence electrons. The van der Waals surface area contributed by atoms with Gasteiger partial charge in [-0.15, -0.1) is 0 Å². The summed E-state index contributed by atoms with van der Waals surface area (Å²) in [5, 5.41) is 0. The maximum absolute atomic E-state index is 13.7. The van der Waals surface area contributed by atoms with Crippen LogP contribution in [-0.4, -0.2) is 29.6 Å². The summed E-state index contributed by atoms with van der Waals surface area (Å²) in [5.41, 5.74) is -1.12. The van der Waals surface area contributed by atoms with Gasteiger partial charge < -0.3 is 4.90 Å². The van der Waals surface area contributed by atoms with Gasteiger partial charge in [-0.25, -0.2) is 4.39 Å². The van der Waals surface area contributed by atoms with Gasteiger partial charge >= 0.3 is 0 Å². The van der Waals surface area contributed by atoms with E-state index in [9.17, 15) is 9.18 Å². The molecule has 0 saturated carbocycles. The molecule has 0 bridgehead atoms. The first kappa shape index (κ1) is 9.49. The van der Waals surface area contributed by atoms with Crippen molar-refractivity contribution in [3.63, 3.8) is 0 Å². The third-order valence-electron chi connectivity index (χ3n) is 2.61. The minimum absolute atomic E-state index is 0.00910. The number of alkyl halides is 1. The second-order valence-electron chi connectivity index (χ2n) is 3.55. The van der Waals surface area contributed by atoms with Crippen LogP contribution in [0.1, 0.15) is 33.1 Å². The third-order valence-corrected chi connectivity index (χ3v) is 2.61. The highest BCUT2D eigenvalue weighted by Crippen LogP contribution is 2.28. The van der Waals surface area contributed by atoms with Crippen LogP contribution in [0.3, 0.4) is 0 Å². The molecule has 0 N–H and O–H groups in total. The number of rotatable bonds is 1. The monoisotopic (exact) mass is 173 g/mol. The van der Waals surface area contributed by atoms with Crippen molar-refractivity contribution in [3.8, 4) is 0 Å². The van der Waals surface area contributed by atoms with E-state index >= 15 is 0 Å². The van der Waals surface area contributed by atoms with Gasteiger partial charge in [-0.05, 0) is 19.3 Å². The van der Waals surface area contributed by atoms with Gasteiger partial charge in [0.05, 0.1) is 6.54 Å². The molecule has 0 aromatic heterocycles. The molecule has 1 heterocycles. The SMILES string of the molecule is CCC1(F)CCCN(C(C)=O)C1. The third kappa shape index (κ3) is 1.96. The Bertz CT molecular complexity index is 183.